The second-order valence-corrected chi connectivity index (χ2v) is 11.3. The van der Waals surface area contributed by atoms with Gasteiger partial charge in [0.2, 0.25) is 5.91 Å². The highest BCUT2D eigenvalue weighted by molar-refractivity contribution is 6.33. The van der Waals surface area contributed by atoms with Gasteiger partial charge in [0.1, 0.15) is 18.4 Å². The fraction of sp³-hybridized carbons (Fsp3) is 0.250. The molecule has 7 nitrogen and oxygen atoms in total. The van der Waals surface area contributed by atoms with E-state index in [0.717, 1.165) is 31.2 Å². The summed E-state index contributed by atoms with van der Waals surface area (Å²) in [4.78, 5) is 40.4. The van der Waals surface area contributed by atoms with Crippen LogP contribution >= 0.6 is 11.6 Å². The van der Waals surface area contributed by atoms with Gasteiger partial charge in [-0.1, -0.05) is 91.2 Å². The van der Waals surface area contributed by atoms with Crippen LogP contribution in [0.2, 0.25) is 5.02 Å². The van der Waals surface area contributed by atoms with Crippen LogP contribution in [0.4, 0.5) is 11.4 Å². The zero-order chi connectivity index (χ0) is 30.9. The quantitative estimate of drug-likeness (QED) is 0.154. The average molecular weight is 611 g/mol. The van der Waals surface area contributed by atoms with Crippen LogP contribution in [-0.4, -0.2) is 42.0 Å². The van der Waals surface area contributed by atoms with Gasteiger partial charge in [-0.2, -0.15) is 0 Å². The summed E-state index contributed by atoms with van der Waals surface area (Å²) in [5.41, 5.74) is 2.87. The third-order valence-corrected chi connectivity index (χ3v) is 8.22. The Balaban J connectivity index is 1.22. The van der Waals surface area contributed by atoms with Crippen molar-refractivity contribution in [2.24, 2.45) is 5.92 Å². The first-order valence-corrected chi connectivity index (χ1v) is 15.2. The van der Waals surface area contributed by atoms with Crippen molar-refractivity contribution in [3.8, 4) is 5.75 Å². The van der Waals surface area contributed by atoms with Crippen molar-refractivity contribution in [1.29, 1.82) is 0 Å². The molecule has 0 saturated heterocycles. The number of hydrogen-bond donors (Lipinski definition) is 2. The van der Waals surface area contributed by atoms with Gasteiger partial charge < -0.3 is 20.1 Å². The first kappa shape index (κ1) is 30.8. The summed E-state index contributed by atoms with van der Waals surface area (Å²) in [7, 11) is 0. The fourth-order valence-corrected chi connectivity index (χ4v) is 5.80. The molecule has 4 aromatic carbocycles. The zero-order valence-electron chi connectivity index (χ0n) is 24.3. The van der Waals surface area contributed by atoms with Crippen LogP contribution in [-0.2, 0) is 16.0 Å². The molecule has 8 heteroatoms. The van der Waals surface area contributed by atoms with E-state index in [0.29, 0.717) is 39.8 Å². The third kappa shape index (κ3) is 7.66. The van der Waals surface area contributed by atoms with Crippen LogP contribution in [0.15, 0.2) is 103 Å². The molecule has 1 aliphatic rings. The molecule has 4 aromatic rings. The summed E-state index contributed by atoms with van der Waals surface area (Å²) in [6.07, 6.45) is 4.10. The molecule has 0 aliphatic heterocycles. The Bertz CT molecular complexity index is 1590. The second-order valence-electron chi connectivity index (χ2n) is 10.9. The highest BCUT2D eigenvalue weighted by atomic mass is 35.5. The minimum atomic E-state index is -1.03. The van der Waals surface area contributed by atoms with Gasteiger partial charge in [0.15, 0.2) is 5.78 Å². The molecule has 0 radical (unpaired) electrons. The molecule has 0 unspecified atom stereocenters. The lowest BCUT2D eigenvalue weighted by Gasteiger charge is -2.26. The van der Waals surface area contributed by atoms with Gasteiger partial charge >= 0.3 is 5.97 Å². The molecule has 0 heterocycles. The van der Waals surface area contributed by atoms with Crippen LogP contribution in [0.5, 0.6) is 5.75 Å². The Morgan fingerprint density at radius 2 is 1.52 bits per heavy atom. The van der Waals surface area contributed by atoms with Gasteiger partial charge in [0, 0.05) is 29.2 Å². The monoisotopic (exact) mass is 610 g/mol. The van der Waals surface area contributed by atoms with Crippen molar-refractivity contribution in [1.82, 2.24) is 0 Å². The number of carboxylic acids is 1. The SMILES string of the molecule is O=C(c1ccccc1)c1ccccc1N[C@@H](Cc1ccc(OCCN(C(=O)C2CCCC2)c2ccccc2Cl)cc1)C(=O)O. The van der Waals surface area contributed by atoms with Gasteiger partial charge in [-0.05, 0) is 54.8 Å². The van der Waals surface area contributed by atoms with E-state index >= 15 is 0 Å². The van der Waals surface area contributed by atoms with E-state index in [4.69, 9.17) is 16.3 Å². The first-order chi connectivity index (χ1) is 21.4. The number of nitrogens with one attached hydrogen (secondary N) is 1. The number of anilines is 2. The van der Waals surface area contributed by atoms with Gasteiger partial charge in [0.05, 0.1) is 17.3 Å². The number of ether oxygens (including phenoxy) is 1. The topological polar surface area (TPSA) is 95.9 Å². The maximum atomic E-state index is 13.3. The highest BCUT2D eigenvalue weighted by Crippen LogP contribution is 2.32. The minimum Gasteiger partial charge on any atom is -0.492 e. The van der Waals surface area contributed by atoms with Gasteiger partial charge in [-0.25, -0.2) is 4.79 Å². The molecule has 2 N–H and O–H groups in total. The summed E-state index contributed by atoms with van der Waals surface area (Å²) in [6.45, 7) is 0.626. The number of carbonyl (C=O) groups excluding carboxylic acids is 2. The highest BCUT2D eigenvalue weighted by Gasteiger charge is 2.29. The number of para-hydroxylation sites is 2. The summed E-state index contributed by atoms with van der Waals surface area (Å²) >= 11 is 6.45. The number of ketones is 1. The van der Waals surface area contributed by atoms with E-state index in [1.165, 1.54) is 0 Å². The lowest BCUT2D eigenvalue weighted by Crippen LogP contribution is -2.38. The maximum absolute atomic E-state index is 13.3. The lowest BCUT2D eigenvalue weighted by atomic mass is 10.00. The Labute approximate surface area is 262 Å². The van der Waals surface area contributed by atoms with Crippen LogP contribution < -0.4 is 15.0 Å². The maximum Gasteiger partial charge on any atom is 0.326 e. The summed E-state index contributed by atoms with van der Waals surface area (Å²) in [6, 6.07) is 29.4. The number of carbonyl (C=O) groups is 3. The van der Waals surface area contributed by atoms with Gasteiger partial charge in [-0.15, -0.1) is 0 Å². The van der Waals surface area contributed by atoms with Crippen molar-refractivity contribution >= 4 is 40.6 Å². The molecular formula is C36H35ClN2O5. The van der Waals surface area contributed by atoms with E-state index in [1.807, 2.05) is 36.4 Å². The number of nitrogens with zero attached hydrogens (tertiary/aromatic N) is 1. The van der Waals surface area contributed by atoms with Crippen molar-refractivity contribution in [3.05, 3.63) is 125 Å². The second kappa shape index (κ2) is 14.7. The Morgan fingerprint density at radius 3 is 2.23 bits per heavy atom. The molecule has 1 saturated carbocycles. The summed E-state index contributed by atoms with van der Waals surface area (Å²) < 4.78 is 5.99. The number of halogens is 1. The number of hydrogen-bond acceptors (Lipinski definition) is 5. The molecule has 1 amide bonds. The van der Waals surface area contributed by atoms with E-state index in [1.54, 1.807) is 71.6 Å². The fourth-order valence-electron chi connectivity index (χ4n) is 5.57. The Kier molecular flexibility index (Phi) is 10.3. The van der Waals surface area contributed by atoms with E-state index < -0.39 is 12.0 Å². The largest absolute Gasteiger partial charge is 0.492 e. The summed E-state index contributed by atoms with van der Waals surface area (Å²) in [5.74, 6) is -0.519. The minimum absolute atomic E-state index is 0.00442. The van der Waals surface area contributed by atoms with E-state index in [-0.39, 0.29) is 30.6 Å². The molecule has 1 aliphatic carbocycles. The number of aliphatic carboxylic acids is 1. The van der Waals surface area contributed by atoms with Crippen LogP contribution in [0.3, 0.4) is 0 Å². The molecule has 0 spiro atoms. The molecule has 1 atom stereocenters. The zero-order valence-corrected chi connectivity index (χ0v) is 25.1. The van der Waals surface area contributed by atoms with Crippen molar-refractivity contribution in [2.75, 3.05) is 23.4 Å². The number of carboxylic acid groups (broad SMARTS) is 1. The Hall–Kier alpha value is -4.62. The normalized spacial score (nSPS) is 13.7. The van der Waals surface area contributed by atoms with Gasteiger partial charge in [0.25, 0.3) is 0 Å². The van der Waals surface area contributed by atoms with Crippen molar-refractivity contribution in [3.63, 3.8) is 0 Å². The van der Waals surface area contributed by atoms with Crippen LogP contribution in [0, 0.1) is 5.92 Å². The molecule has 0 bridgehead atoms. The van der Waals surface area contributed by atoms with Crippen LogP contribution in [0.25, 0.3) is 0 Å². The molecular weight excluding hydrogens is 576 g/mol. The molecule has 44 heavy (non-hydrogen) atoms. The molecule has 5 rings (SSSR count). The van der Waals surface area contributed by atoms with Crippen LogP contribution in [0.1, 0.15) is 47.2 Å². The standard InChI is InChI=1S/C36H35ClN2O5/c37-30-15-7-9-17-33(30)39(35(41)27-12-4-5-13-27)22-23-44-28-20-18-25(19-21-28)24-32(36(42)43)38-31-16-8-6-14-29(31)34(40)26-10-2-1-3-11-26/h1-3,6-11,14-21,27,32,38H,4-5,12-13,22-24H2,(H,42,43)/t32-/m0/s1. The summed E-state index contributed by atoms with van der Waals surface area (Å²) in [5, 5.41) is 13.6. The number of rotatable bonds is 13. The predicted molar refractivity (Wildman–Crippen MR) is 173 cm³/mol. The van der Waals surface area contributed by atoms with Gasteiger partial charge in [-0.3, -0.25) is 9.59 Å². The van der Waals surface area contributed by atoms with Crippen molar-refractivity contribution in [2.45, 2.75) is 38.1 Å². The number of amides is 1. The van der Waals surface area contributed by atoms with E-state index in [2.05, 4.69) is 5.32 Å². The number of benzene rings is 4. The van der Waals surface area contributed by atoms with Crippen molar-refractivity contribution < 1.29 is 24.2 Å². The average Bonchev–Trinajstić information content (AvgIpc) is 3.59. The third-order valence-electron chi connectivity index (χ3n) is 7.90. The molecule has 0 aromatic heterocycles. The first-order valence-electron chi connectivity index (χ1n) is 14.9. The predicted octanol–water partition coefficient (Wildman–Crippen LogP) is 7.28. The van der Waals surface area contributed by atoms with E-state index in [9.17, 15) is 19.5 Å². The molecule has 1 fully saturated rings. The molecule has 226 valence electrons. The smallest absolute Gasteiger partial charge is 0.326 e. The lowest BCUT2D eigenvalue weighted by molar-refractivity contribution is -0.137. The Morgan fingerprint density at radius 1 is 0.864 bits per heavy atom.